The minimum absolute atomic E-state index is 0.110. The van der Waals surface area contributed by atoms with Crippen LogP contribution in [0.25, 0.3) is 10.1 Å². The van der Waals surface area contributed by atoms with Crippen LogP contribution in [0.3, 0.4) is 0 Å². The van der Waals surface area contributed by atoms with Gasteiger partial charge in [0.1, 0.15) is 17.0 Å². The number of piperidine rings is 1. The van der Waals surface area contributed by atoms with Crippen LogP contribution in [0.1, 0.15) is 50.8 Å². The molecule has 46 heavy (non-hydrogen) atoms. The Labute approximate surface area is 270 Å². The van der Waals surface area contributed by atoms with Gasteiger partial charge in [-0.2, -0.15) is 0 Å². The van der Waals surface area contributed by atoms with Crippen LogP contribution in [-0.4, -0.2) is 66.6 Å². The molecule has 0 saturated carbocycles. The van der Waals surface area contributed by atoms with E-state index in [4.69, 9.17) is 26.7 Å². The summed E-state index contributed by atoms with van der Waals surface area (Å²) in [6, 6.07) is 16.6. The highest BCUT2D eigenvalue weighted by Crippen LogP contribution is 2.50. The molecule has 11 nitrogen and oxygen atoms in total. The quantitative estimate of drug-likeness (QED) is 0.180. The lowest BCUT2D eigenvalue weighted by Gasteiger charge is -2.37. The van der Waals surface area contributed by atoms with Crippen LogP contribution < -0.4 is 27.3 Å². The number of nitrogens with two attached hydrogens (primary N) is 3. The van der Waals surface area contributed by atoms with Crippen molar-refractivity contribution in [1.29, 1.82) is 0 Å². The monoisotopic (exact) mass is 643 g/mol. The number of ketones is 1. The van der Waals surface area contributed by atoms with Gasteiger partial charge in [-0.15, -0.1) is 11.3 Å². The zero-order valence-corrected chi connectivity index (χ0v) is 26.4. The minimum atomic E-state index is -1.60. The average Bonchev–Trinajstić information content (AvgIpc) is 3.46. The highest BCUT2D eigenvalue weighted by molar-refractivity contribution is 7.21. The Morgan fingerprint density at radius 1 is 1.13 bits per heavy atom. The number of carbonyl (C=O) groups is 3. The van der Waals surface area contributed by atoms with Gasteiger partial charge in [0.25, 0.3) is 11.8 Å². The van der Waals surface area contributed by atoms with Crippen LogP contribution in [0.5, 0.6) is 11.5 Å². The number of ether oxygens (including phenoxy) is 2. The Hall–Kier alpha value is -4.33. The van der Waals surface area contributed by atoms with Crippen molar-refractivity contribution >= 4 is 44.7 Å². The summed E-state index contributed by atoms with van der Waals surface area (Å²) in [5.74, 6) is -0.0305. The fourth-order valence-corrected chi connectivity index (χ4v) is 7.78. The number of hydrogen-bond donors (Lipinski definition) is 5. The van der Waals surface area contributed by atoms with Gasteiger partial charge in [0.05, 0.1) is 22.2 Å². The first kappa shape index (κ1) is 31.6. The molecule has 1 aliphatic heterocycles. The summed E-state index contributed by atoms with van der Waals surface area (Å²) in [6.07, 6.45) is 0.0169. The normalized spacial score (nSPS) is 21.7. The Morgan fingerprint density at radius 2 is 1.87 bits per heavy atom. The molecule has 2 amide bonds. The second kappa shape index (κ2) is 12.5. The standard InChI is InChI=1S/C34H37N5O6S/c1-18-15-21(45-20-8-4-3-5-9-20)10-11-22(18)34(37)23-12-13-24(35)29-26(23)27(28(36)31(34)41)30(46-29)32(42)38-19-7-6-14-39(16-19)33(43)25(40)17-44-2/h3-5,8-13,15,19,25,28,40H,6-7,14,16-17,35-37H2,1-2H3,(H,38,42)/t19-,25+,28?,34?/m1/s1. The predicted octanol–water partition coefficient (Wildman–Crippen LogP) is 3.10. The van der Waals surface area contributed by atoms with E-state index in [1.165, 1.54) is 23.3 Å². The molecule has 12 heteroatoms. The number of aryl methyl sites for hydroxylation is 1. The van der Waals surface area contributed by atoms with E-state index in [-0.39, 0.29) is 24.1 Å². The molecular formula is C34H37N5O6S. The fraction of sp³-hybridized carbons (Fsp3) is 0.324. The number of hydrogen-bond acceptors (Lipinski definition) is 10. The topological polar surface area (TPSA) is 183 Å². The third kappa shape index (κ3) is 5.41. The molecule has 2 unspecified atom stereocenters. The maximum Gasteiger partial charge on any atom is 0.262 e. The van der Waals surface area contributed by atoms with Crippen molar-refractivity contribution in [3.63, 3.8) is 0 Å². The highest BCUT2D eigenvalue weighted by Gasteiger charge is 2.49. The minimum Gasteiger partial charge on any atom is -0.457 e. The van der Waals surface area contributed by atoms with Crippen molar-refractivity contribution in [3.05, 3.63) is 87.8 Å². The van der Waals surface area contributed by atoms with Gasteiger partial charge in [0.2, 0.25) is 0 Å². The number of nitrogens with one attached hydrogen (secondary N) is 1. The van der Waals surface area contributed by atoms with Crippen LogP contribution in [0, 0.1) is 6.92 Å². The largest absolute Gasteiger partial charge is 0.457 e. The Bertz CT molecular complexity index is 1830. The first-order chi connectivity index (χ1) is 22.0. The summed E-state index contributed by atoms with van der Waals surface area (Å²) in [5, 5.41) is 13.7. The van der Waals surface area contributed by atoms with Gasteiger partial charge < -0.3 is 42.0 Å². The van der Waals surface area contributed by atoms with E-state index in [0.717, 1.165) is 5.56 Å². The second-order valence-electron chi connectivity index (χ2n) is 11.9. The van der Waals surface area contributed by atoms with Gasteiger partial charge in [-0.1, -0.05) is 30.3 Å². The van der Waals surface area contributed by atoms with Crippen LogP contribution in [0.15, 0.2) is 60.7 Å². The van der Waals surface area contributed by atoms with E-state index >= 15 is 0 Å². The zero-order valence-electron chi connectivity index (χ0n) is 25.6. The summed E-state index contributed by atoms with van der Waals surface area (Å²) in [5.41, 5.74) is 21.3. The van der Waals surface area contributed by atoms with Gasteiger partial charge in [-0.3, -0.25) is 14.4 Å². The molecule has 0 radical (unpaired) electrons. The summed E-state index contributed by atoms with van der Waals surface area (Å²) >= 11 is 1.17. The molecule has 1 saturated heterocycles. The third-order valence-corrected chi connectivity index (χ3v) is 10.1. The van der Waals surface area contributed by atoms with E-state index < -0.39 is 35.3 Å². The van der Waals surface area contributed by atoms with Crippen LogP contribution in [0.4, 0.5) is 5.69 Å². The molecule has 3 aromatic carbocycles. The molecule has 2 heterocycles. The highest BCUT2D eigenvalue weighted by atomic mass is 32.1. The first-order valence-electron chi connectivity index (χ1n) is 15.1. The molecule has 6 rings (SSSR count). The molecule has 1 aliphatic carbocycles. The lowest BCUT2D eigenvalue weighted by Crippen LogP contribution is -2.53. The number of likely N-dealkylation sites (tertiary alicyclic amines) is 1. The summed E-state index contributed by atoms with van der Waals surface area (Å²) in [7, 11) is 1.41. The molecule has 2 aliphatic rings. The maximum absolute atomic E-state index is 14.2. The second-order valence-corrected chi connectivity index (χ2v) is 12.9. The van der Waals surface area contributed by atoms with Crippen molar-refractivity contribution in [3.8, 4) is 11.5 Å². The SMILES string of the molecule is COC[C@H](O)C(=O)N1CCC[C@@H](NC(=O)c2sc3c(N)ccc4c3c2C(N)C(=O)C4(N)c2ccc(Oc3ccccc3)cc2C)C1. The molecule has 0 bridgehead atoms. The van der Waals surface area contributed by atoms with Gasteiger partial charge in [0, 0.05) is 42.9 Å². The molecule has 4 atom stereocenters. The van der Waals surface area contributed by atoms with Crippen LogP contribution >= 0.6 is 11.3 Å². The van der Waals surface area contributed by atoms with Crippen LogP contribution in [-0.2, 0) is 19.9 Å². The Morgan fingerprint density at radius 3 is 2.59 bits per heavy atom. The van der Waals surface area contributed by atoms with E-state index in [0.29, 0.717) is 63.3 Å². The lowest BCUT2D eigenvalue weighted by molar-refractivity contribution is -0.144. The number of thiophene rings is 1. The van der Waals surface area contributed by atoms with Crippen LogP contribution in [0.2, 0.25) is 0 Å². The Kier molecular flexibility index (Phi) is 8.57. The van der Waals surface area contributed by atoms with E-state index in [1.807, 2.05) is 43.3 Å². The number of aliphatic hydroxyl groups excluding tert-OH is 1. The number of carbonyl (C=O) groups excluding carboxylic acids is 3. The Balaban J connectivity index is 1.34. The number of rotatable bonds is 8. The molecule has 0 spiro atoms. The summed E-state index contributed by atoms with van der Waals surface area (Å²) in [4.78, 5) is 42.5. The molecule has 1 fully saturated rings. The number of amides is 2. The average molecular weight is 644 g/mol. The summed E-state index contributed by atoms with van der Waals surface area (Å²) in [6.45, 7) is 2.46. The van der Waals surface area contributed by atoms with Gasteiger partial charge in [0.15, 0.2) is 11.9 Å². The van der Waals surface area contributed by atoms with Gasteiger partial charge >= 0.3 is 0 Å². The van der Waals surface area contributed by atoms with E-state index in [9.17, 15) is 19.5 Å². The molecule has 1 aromatic heterocycles. The number of Topliss-reactive ketones (excluding diaryl/α,β-unsaturated/α-hetero) is 1. The smallest absolute Gasteiger partial charge is 0.262 e. The van der Waals surface area contributed by atoms with Crippen molar-refractivity contribution in [1.82, 2.24) is 10.2 Å². The third-order valence-electron chi connectivity index (χ3n) is 8.80. The first-order valence-corrected chi connectivity index (χ1v) is 15.9. The van der Waals surface area contributed by atoms with Crippen molar-refractivity contribution in [2.45, 2.75) is 43.5 Å². The number of nitrogen functional groups attached to an aromatic ring is 1. The molecule has 4 aromatic rings. The number of anilines is 1. The summed E-state index contributed by atoms with van der Waals surface area (Å²) < 4.78 is 11.5. The molecule has 8 N–H and O–H groups in total. The molecular weight excluding hydrogens is 606 g/mol. The maximum atomic E-state index is 14.2. The van der Waals surface area contributed by atoms with E-state index in [1.54, 1.807) is 24.3 Å². The number of benzene rings is 3. The van der Waals surface area contributed by atoms with Crippen molar-refractivity contribution < 1.29 is 29.0 Å². The van der Waals surface area contributed by atoms with E-state index in [2.05, 4.69) is 5.32 Å². The fourth-order valence-electron chi connectivity index (χ4n) is 6.58. The lowest BCUT2D eigenvalue weighted by atomic mass is 9.69. The zero-order chi connectivity index (χ0) is 32.7. The number of methoxy groups -OCH3 is 1. The number of nitrogens with zero attached hydrogens (tertiary/aromatic N) is 1. The van der Waals surface area contributed by atoms with Crippen molar-refractivity contribution in [2.24, 2.45) is 11.5 Å². The van der Waals surface area contributed by atoms with Crippen molar-refractivity contribution in [2.75, 3.05) is 32.5 Å². The number of para-hydroxylation sites is 1. The van der Waals surface area contributed by atoms with Gasteiger partial charge in [-0.25, -0.2) is 0 Å². The predicted molar refractivity (Wildman–Crippen MR) is 176 cm³/mol. The van der Waals surface area contributed by atoms with Gasteiger partial charge in [-0.05, 0) is 66.8 Å². The molecule has 240 valence electrons. The number of aliphatic hydroxyl groups is 1.